The van der Waals surface area contributed by atoms with Crippen LogP contribution >= 0.6 is 11.6 Å². The number of allylic oxidation sites excluding steroid dienone is 2. The lowest BCUT2D eigenvalue weighted by atomic mass is 9.77. The summed E-state index contributed by atoms with van der Waals surface area (Å²) in [4.78, 5) is 4.32. The highest BCUT2D eigenvalue weighted by atomic mass is 35.5. The van der Waals surface area contributed by atoms with E-state index in [9.17, 15) is 0 Å². The first-order valence-corrected chi connectivity index (χ1v) is 5.96. The van der Waals surface area contributed by atoms with Gasteiger partial charge in [-0.05, 0) is 36.3 Å². The smallest absolute Gasteiger partial charge is 0.0888 e. The van der Waals surface area contributed by atoms with Crippen molar-refractivity contribution in [3.63, 3.8) is 0 Å². The number of hydrogen-bond donors (Lipinski definition) is 1. The second-order valence-corrected chi connectivity index (χ2v) is 5.63. The standard InChI is InChI=1S/C13H17ClN2/c1-13(2)5-3-9(4-6-13)12-11(15)7-10(14)8-16-12/h3,7-8H,4-6,15H2,1-2H3. The predicted molar refractivity (Wildman–Crippen MR) is 69.3 cm³/mol. The molecule has 0 saturated heterocycles. The van der Waals surface area contributed by atoms with Crippen LogP contribution in [0.1, 0.15) is 38.8 Å². The number of nitrogen functional groups attached to an aromatic ring is 1. The third-order valence-corrected chi connectivity index (χ3v) is 3.37. The third-order valence-electron chi connectivity index (χ3n) is 3.16. The number of rotatable bonds is 1. The maximum atomic E-state index is 5.93. The molecule has 0 unspecified atom stereocenters. The normalized spacial score (nSPS) is 19.3. The second kappa shape index (κ2) is 4.10. The summed E-state index contributed by atoms with van der Waals surface area (Å²) in [6.45, 7) is 4.58. The van der Waals surface area contributed by atoms with Crippen molar-refractivity contribution in [1.29, 1.82) is 0 Å². The molecule has 0 bridgehead atoms. The van der Waals surface area contributed by atoms with Gasteiger partial charge in [-0.2, -0.15) is 0 Å². The monoisotopic (exact) mass is 236 g/mol. The summed E-state index contributed by atoms with van der Waals surface area (Å²) in [5, 5.41) is 0.595. The van der Waals surface area contributed by atoms with Gasteiger partial charge in [-0.1, -0.05) is 31.5 Å². The van der Waals surface area contributed by atoms with Crippen LogP contribution in [0, 0.1) is 5.41 Å². The van der Waals surface area contributed by atoms with Crippen LogP contribution in [-0.2, 0) is 0 Å². The van der Waals surface area contributed by atoms with Gasteiger partial charge in [0.25, 0.3) is 0 Å². The van der Waals surface area contributed by atoms with Crippen molar-refractivity contribution in [3.8, 4) is 0 Å². The third kappa shape index (κ3) is 2.38. The van der Waals surface area contributed by atoms with Crippen molar-refractivity contribution in [3.05, 3.63) is 29.1 Å². The van der Waals surface area contributed by atoms with Crippen molar-refractivity contribution in [2.75, 3.05) is 5.73 Å². The predicted octanol–water partition coefficient (Wildman–Crippen LogP) is 3.91. The van der Waals surface area contributed by atoms with Crippen LogP contribution in [0.4, 0.5) is 5.69 Å². The van der Waals surface area contributed by atoms with Crippen LogP contribution in [0.15, 0.2) is 18.3 Å². The summed E-state index contributed by atoms with van der Waals surface area (Å²) in [7, 11) is 0. The van der Waals surface area contributed by atoms with Gasteiger partial charge < -0.3 is 5.73 Å². The minimum Gasteiger partial charge on any atom is -0.397 e. The SMILES string of the molecule is CC1(C)CC=C(c2ncc(Cl)cc2N)CC1. The molecule has 0 spiro atoms. The Labute approximate surface area is 102 Å². The van der Waals surface area contributed by atoms with Crippen molar-refractivity contribution in [2.24, 2.45) is 5.41 Å². The molecule has 2 N–H and O–H groups in total. The minimum absolute atomic E-state index is 0.407. The largest absolute Gasteiger partial charge is 0.397 e. The second-order valence-electron chi connectivity index (χ2n) is 5.19. The van der Waals surface area contributed by atoms with Gasteiger partial charge in [-0.3, -0.25) is 4.98 Å². The molecule has 0 aliphatic heterocycles. The van der Waals surface area contributed by atoms with Crippen LogP contribution < -0.4 is 5.73 Å². The molecule has 2 rings (SSSR count). The zero-order chi connectivity index (χ0) is 11.8. The van der Waals surface area contributed by atoms with Gasteiger partial charge in [-0.25, -0.2) is 0 Å². The molecule has 0 fully saturated rings. The Morgan fingerprint density at radius 1 is 1.44 bits per heavy atom. The van der Waals surface area contributed by atoms with Crippen LogP contribution in [0.3, 0.4) is 0 Å². The molecule has 86 valence electrons. The number of hydrogen-bond acceptors (Lipinski definition) is 2. The Balaban J connectivity index is 2.29. The molecule has 0 saturated carbocycles. The minimum atomic E-state index is 0.407. The molecule has 16 heavy (non-hydrogen) atoms. The first kappa shape index (κ1) is 11.5. The van der Waals surface area contributed by atoms with Gasteiger partial charge >= 0.3 is 0 Å². The van der Waals surface area contributed by atoms with E-state index in [0.29, 0.717) is 16.1 Å². The number of halogens is 1. The van der Waals surface area contributed by atoms with Gasteiger partial charge in [0.2, 0.25) is 0 Å². The van der Waals surface area contributed by atoms with E-state index in [1.54, 1.807) is 12.3 Å². The van der Waals surface area contributed by atoms with Gasteiger partial charge in [-0.15, -0.1) is 0 Å². The molecular formula is C13H17ClN2. The van der Waals surface area contributed by atoms with E-state index in [-0.39, 0.29) is 0 Å². The van der Waals surface area contributed by atoms with Gasteiger partial charge in [0.05, 0.1) is 16.4 Å². The van der Waals surface area contributed by atoms with Crippen LogP contribution in [0.5, 0.6) is 0 Å². The molecule has 2 nitrogen and oxygen atoms in total. The first-order valence-electron chi connectivity index (χ1n) is 5.58. The van der Waals surface area contributed by atoms with E-state index in [2.05, 4.69) is 24.9 Å². The highest BCUT2D eigenvalue weighted by Gasteiger charge is 2.23. The Kier molecular flexibility index (Phi) is 2.94. The topological polar surface area (TPSA) is 38.9 Å². The zero-order valence-electron chi connectivity index (χ0n) is 9.76. The Bertz CT molecular complexity index is 436. The molecule has 3 heteroatoms. The highest BCUT2D eigenvalue weighted by Crippen LogP contribution is 2.38. The van der Waals surface area contributed by atoms with E-state index < -0.39 is 0 Å². The van der Waals surface area contributed by atoms with E-state index in [0.717, 1.165) is 18.5 Å². The maximum absolute atomic E-state index is 5.93. The summed E-state index contributed by atoms with van der Waals surface area (Å²) in [6.07, 6.45) is 7.24. The number of pyridine rings is 1. The molecule has 0 radical (unpaired) electrons. The lowest BCUT2D eigenvalue weighted by molar-refractivity contribution is 0.335. The maximum Gasteiger partial charge on any atom is 0.0888 e. The molecule has 0 atom stereocenters. The van der Waals surface area contributed by atoms with Crippen molar-refractivity contribution >= 4 is 22.9 Å². The molecule has 1 aliphatic carbocycles. The molecule has 1 heterocycles. The number of nitrogens with zero attached hydrogens (tertiary/aromatic N) is 1. The summed E-state index contributed by atoms with van der Waals surface area (Å²) >= 11 is 5.84. The quantitative estimate of drug-likeness (QED) is 0.803. The fourth-order valence-electron chi connectivity index (χ4n) is 2.01. The number of anilines is 1. The van der Waals surface area contributed by atoms with E-state index in [1.807, 2.05) is 0 Å². The summed E-state index contributed by atoms with van der Waals surface area (Å²) in [6, 6.07) is 1.77. The molecule has 1 aliphatic rings. The number of nitrogens with two attached hydrogens (primary N) is 1. The van der Waals surface area contributed by atoms with E-state index in [4.69, 9.17) is 17.3 Å². The summed E-state index contributed by atoms with van der Waals surface area (Å²) in [5.41, 5.74) is 9.18. The average Bonchev–Trinajstić information content (AvgIpc) is 2.19. The lowest BCUT2D eigenvalue weighted by Gasteiger charge is -2.28. The van der Waals surface area contributed by atoms with E-state index >= 15 is 0 Å². The van der Waals surface area contributed by atoms with Crippen molar-refractivity contribution in [2.45, 2.75) is 33.1 Å². The fourth-order valence-corrected chi connectivity index (χ4v) is 2.18. The molecule has 1 aromatic rings. The molecule has 1 aromatic heterocycles. The van der Waals surface area contributed by atoms with E-state index in [1.165, 1.54) is 12.0 Å². The highest BCUT2D eigenvalue weighted by molar-refractivity contribution is 6.30. The Morgan fingerprint density at radius 2 is 2.19 bits per heavy atom. The van der Waals surface area contributed by atoms with Gasteiger partial charge in [0.15, 0.2) is 0 Å². The average molecular weight is 237 g/mol. The van der Waals surface area contributed by atoms with Gasteiger partial charge in [0.1, 0.15) is 0 Å². The van der Waals surface area contributed by atoms with Crippen LogP contribution in [-0.4, -0.2) is 4.98 Å². The Hall–Kier alpha value is -1.02. The van der Waals surface area contributed by atoms with Crippen molar-refractivity contribution < 1.29 is 0 Å². The number of aromatic nitrogens is 1. The van der Waals surface area contributed by atoms with Crippen molar-refractivity contribution in [1.82, 2.24) is 4.98 Å². The van der Waals surface area contributed by atoms with Crippen LogP contribution in [0.2, 0.25) is 5.02 Å². The first-order chi connectivity index (χ1) is 7.48. The summed E-state index contributed by atoms with van der Waals surface area (Å²) < 4.78 is 0. The summed E-state index contributed by atoms with van der Waals surface area (Å²) in [5.74, 6) is 0. The lowest BCUT2D eigenvalue weighted by Crippen LogP contribution is -2.14. The molecule has 0 amide bonds. The molecule has 0 aromatic carbocycles. The fraction of sp³-hybridized carbons (Fsp3) is 0.462. The zero-order valence-corrected chi connectivity index (χ0v) is 10.5. The molecular weight excluding hydrogens is 220 g/mol. The van der Waals surface area contributed by atoms with Gasteiger partial charge in [0, 0.05) is 6.20 Å². The van der Waals surface area contributed by atoms with Crippen LogP contribution in [0.25, 0.3) is 5.57 Å². The Morgan fingerprint density at radius 3 is 2.75 bits per heavy atom.